The highest BCUT2D eigenvalue weighted by Gasteiger charge is 2.48. The molecule has 1 amide bonds. The van der Waals surface area contributed by atoms with Gasteiger partial charge in [-0.2, -0.15) is 0 Å². The summed E-state index contributed by atoms with van der Waals surface area (Å²) < 4.78 is 19.8. The van der Waals surface area contributed by atoms with Crippen LogP contribution in [0.5, 0.6) is 0 Å². The van der Waals surface area contributed by atoms with E-state index in [-0.39, 0.29) is 21.8 Å². The van der Waals surface area contributed by atoms with Crippen molar-refractivity contribution in [3.63, 3.8) is 0 Å². The number of ether oxygens (including phenoxy) is 1. The lowest BCUT2D eigenvalue weighted by molar-refractivity contribution is -0.132. The fourth-order valence-electron chi connectivity index (χ4n) is 5.08. The van der Waals surface area contributed by atoms with Crippen molar-refractivity contribution < 1.29 is 28.6 Å². The Bertz CT molecular complexity index is 1970. The van der Waals surface area contributed by atoms with Gasteiger partial charge < -0.3 is 9.84 Å². The zero-order valence-corrected chi connectivity index (χ0v) is 25.1. The Labute approximate surface area is 259 Å². The Morgan fingerprint density at radius 1 is 1.00 bits per heavy atom. The summed E-state index contributed by atoms with van der Waals surface area (Å²) in [6, 6.07) is 23.2. The number of methoxy groups -OCH3 is 1. The predicted octanol–water partition coefficient (Wildman–Crippen LogP) is 6.84. The monoisotopic (exact) mass is 625 g/mol. The van der Waals surface area contributed by atoms with Crippen LogP contribution in [0.15, 0.2) is 94.8 Å². The average molecular weight is 626 g/mol. The summed E-state index contributed by atoms with van der Waals surface area (Å²) >= 11 is 2.59. The number of aromatic nitrogens is 2. The molecule has 0 bridgehead atoms. The van der Waals surface area contributed by atoms with Crippen molar-refractivity contribution in [3.05, 3.63) is 124 Å². The molecule has 44 heavy (non-hydrogen) atoms. The smallest absolute Gasteiger partial charge is 0.337 e. The number of ketones is 1. The predicted molar refractivity (Wildman–Crippen MR) is 167 cm³/mol. The van der Waals surface area contributed by atoms with E-state index >= 15 is 0 Å². The summed E-state index contributed by atoms with van der Waals surface area (Å²) in [5, 5.41) is 22.2. The maximum absolute atomic E-state index is 14.4. The van der Waals surface area contributed by atoms with Crippen LogP contribution in [0.2, 0.25) is 0 Å². The number of Topliss-reactive ketones (excluding diaryl/α,β-unsaturated/α-hetero) is 1. The number of carbonyl (C=O) groups is 3. The number of nitrogens with zero attached hydrogens (tertiary/aromatic N) is 3. The number of esters is 1. The lowest BCUT2D eigenvalue weighted by Crippen LogP contribution is -2.29. The number of benzene rings is 4. The van der Waals surface area contributed by atoms with Crippen molar-refractivity contribution in [2.45, 2.75) is 23.1 Å². The maximum atomic E-state index is 14.4. The number of anilines is 1. The van der Waals surface area contributed by atoms with Crippen molar-refractivity contribution in [2.24, 2.45) is 0 Å². The van der Waals surface area contributed by atoms with Crippen LogP contribution in [-0.4, -0.2) is 40.1 Å². The summed E-state index contributed by atoms with van der Waals surface area (Å²) in [6.07, 6.45) is 0. The molecule has 1 fully saturated rings. The van der Waals surface area contributed by atoms with Crippen molar-refractivity contribution in [2.75, 3.05) is 12.0 Å². The fraction of sp³-hybridized carbons (Fsp3) is 0.121. The minimum absolute atomic E-state index is 0.0471. The average Bonchev–Trinajstić information content (AvgIpc) is 3.62. The zero-order chi connectivity index (χ0) is 31.0. The van der Waals surface area contributed by atoms with Crippen LogP contribution in [0.4, 0.5) is 9.52 Å². The third kappa shape index (κ3) is 5.36. The van der Waals surface area contributed by atoms with E-state index in [0.717, 1.165) is 33.7 Å². The van der Waals surface area contributed by atoms with Gasteiger partial charge in [-0.25, -0.2) is 9.18 Å². The number of hydrogen-bond acceptors (Lipinski definition) is 9. The molecule has 8 nitrogen and oxygen atoms in total. The van der Waals surface area contributed by atoms with Crippen molar-refractivity contribution in [1.29, 1.82) is 0 Å². The Balaban J connectivity index is 1.39. The Morgan fingerprint density at radius 3 is 2.48 bits per heavy atom. The van der Waals surface area contributed by atoms with Gasteiger partial charge in [-0.3, -0.25) is 14.5 Å². The van der Waals surface area contributed by atoms with Crippen LogP contribution in [-0.2, 0) is 20.1 Å². The van der Waals surface area contributed by atoms with E-state index in [1.54, 1.807) is 19.1 Å². The lowest BCUT2D eigenvalue weighted by Gasteiger charge is -2.22. The van der Waals surface area contributed by atoms with Crippen molar-refractivity contribution >= 4 is 62.4 Å². The fourth-order valence-corrected chi connectivity index (χ4v) is 6.95. The van der Waals surface area contributed by atoms with Gasteiger partial charge in [-0.05, 0) is 52.6 Å². The number of aliphatic hydroxyl groups is 1. The molecule has 0 radical (unpaired) electrons. The molecule has 1 N–H and O–H groups in total. The molecule has 1 aromatic heterocycles. The topological polar surface area (TPSA) is 110 Å². The second kappa shape index (κ2) is 12.0. The molecule has 1 aliphatic heterocycles. The van der Waals surface area contributed by atoms with Crippen LogP contribution in [0, 0.1) is 12.7 Å². The molecule has 0 saturated carbocycles. The summed E-state index contributed by atoms with van der Waals surface area (Å²) in [5.74, 6) is -2.92. The Hall–Kier alpha value is -4.87. The second-order valence-electron chi connectivity index (χ2n) is 10.0. The molecule has 11 heteroatoms. The normalized spacial score (nSPS) is 16.1. The van der Waals surface area contributed by atoms with E-state index in [1.807, 2.05) is 36.4 Å². The van der Waals surface area contributed by atoms with Gasteiger partial charge in [0, 0.05) is 11.3 Å². The first kappa shape index (κ1) is 29.2. The molecule has 1 atom stereocenters. The van der Waals surface area contributed by atoms with Crippen LogP contribution in [0.3, 0.4) is 0 Å². The minimum Gasteiger partial charge on any atom is -0.507 e. The minimum atomic E-state index is -1.12. The van der Waals surface area contributed by atoms with Gasteiger partial charge in [-0.1, -0.05) is 89.8 Å². The van der Waals surface area contributed by atoms with Crippen LogP contribution in [0.25, 0.3) is 16.5 Å². The first-order valence-electron chi connectivity index (χ1n) is 13.5. The number of amides is 1. The molecule has 1 aliphatic rings. The van der Waals surface area contributed by atoms with Crippen molar-refractivity contribution in [1.82, 2.24) is 10.2 Å². The number of fused-ring (bicyclic) bond motifs is 1. The largest absolute Gasteiger partial charge is 0.507 e. The number of carbonyl (C=O) groups excluding carboxylic acids is 3. The molecule has 5 aromatic rings. The van der Waals surface area contributed by atoms with Gasteiger partial charge >= 0.3 is 11.9 Å². The molecule has 2 heterocycles. The Morgan fingerprint density at radius 2 is 1.73 bits per heavy atom. The quantitative estimate of drug-likeness (QED) is 0.0523. The highest BCUT2D eigenvalue weighted by Crippen LogP contribution is 2.44. The van der Waals surface area contributed by atoms with Gasteiger partial charge in [0.1, 0.15) is 11.6 Å². The van der Waals surface area contributed by atoms with Gasteiger partial charge in [0.05, 0.1) is 24.3 Å². The van der Waals surface area contributed by atoms with Gasteiger partial charge in [0.2, 0.25) is 5.13 Å². The third-order valence-corrected chi connectivity index (χ3v) is 9.47. The summed E-state index contributed by atoms with van der Waals surface area (Å²) in [7, 11) is 1.26. The first-order valence-corrected chi connectivity index (χ1v) is 15.3. The number of aliphatic hydroxyl groups excluding tert-OH is 1. The number of halogens is 1. The third-order valence-electron chi connectivity index (χ3n) is 7.37. The molecule has 220 valence electrons. The lowest BCUT2D eigenvalue weighted by atomic mass is 9.94. The zero-order valence-electron chi connectivity index (χ0n) is 23.5. The van der Waals surface area contributed by atoms with Crippen LogP contribution in [0.1, 0.15) is 38.7 Å². The van der Waals surface area contributed by atoms with E-state index in [1.165, 1.54) is 48.0 Å². The maximum Gasteiger partial charge on any atom is 0.337 e. The second-order valence-corrected chi connectivity index (χ2v) is 12.2. The Kier molecular flexibility index (Phi) is 7.98. The molecule has 0 spiro atoms. The number of aryl methyl sites for hydroxylation is 1. The van der Waals surface area contributed by atoms with Gasteiger partial charge in [0.15, 0.2) is 4.34 Å². The number of hydrogen-bond donors (Lipinski definition) is 1. The van der Waals surface area contributed by atoms with E-state index in [9.17, 15) is 23.9 Å². The van der Waals surface area contributed by atoms with Crippen LogP contribution < -0.4 is 4.90 Å². The molecular weight excluding hydrogens is 602 g/mol. The molecule has 0 aliphatic carbocycles. The highest BCUT2D eigenvalue weighted by molar-refractivity contribution is 8.00. The molecule has 6 rings (SSSR count). The van der Waals surface area contributed by atoms with Gasteiger partial charge in [-0.15, -0.1) is 10.2 Å². The number of rotatable bonds is 7. The molecular formula is C33H24FN3O5S2. The standard InChI is InChI=1S/C33H24FN3O5S2/c1-18-10-11-22(16-25(18)34)28(38)26-27(20-12-14-21(15-13-20)31(41)42-2)37(30(40)29(26)39)32-35-36-33(44-32)43-17-23-8-5-7-19-6-3-4-9-24(19)23/h3-16,27,38H,17H2,1-2H3/t27-/m1/s1. The first-order chi connectivity index (χ1) is 21.3. The van der Waals surface area contributed by atoms with Gasteiger partial charge in [0.25, 0.3) is 5.78 Å². The summed E-state index contributed by atoms with van der Waals surface area (Å²) in [5.41, 5.74) is 1.97. The summed E-state index contributed by atoms with van der Waals surface area (Å²) in [4.78, 5) is 40.2. The van der Waals surface area contributed by atoms with E-state index in [2.05, 4.69) is 16.3 Å². The highest BCUT2D eigenvalue weighted by atomic mass is 32.2. The molecule has 1 saturated heterocycles. The molecule has 4 aromatic carbocycles. The summed E-state index contributed by atoms with van der Waals surface area (Å²) in [6.45, 7) is 1.58. The van der Waals surface area contributed by atoms with E-state index in [0.29, 0.717) is 21.2 Å². The SMILES string of the molecule is COC(=O)c1ccc([C@@H]2C(=C(O)c3ccc(C)c(F)c3)C(=O)C(=O)N2c2nnc(SCc3cccc4ccccc34)s2)cc1. The van der Waals surface area contributed by atoms with E-state index in [4.69, 9.17) is 4.74 Å². The molecule has 0 unspecified atom stereocenters. The van der Waals surface area contributed by atoms with Crippen molar-refractivity contribution in [3.8, 4) is 0 Å². The van der Waals surface area contributed by atoms with E-state index < -0.39 is 35.3 Å². The number of thioether (sulfide) groups is 1. The van der Waals surface area contributed by atoms with Crippen LogP contribution >= 0.6 is 23.1 Å².